The molecule has 1 unspecified atom stereocenters. The van der Waals surface area contributed by atoms with Gasteiger partial charge < -0.3 is 9.26 Å². The van der Waals surface area contributed by atoms with Crippen LogP contribution in [0.4, 0.5) is 0 Å². The molecule has 0 spiro atoms. The highest BCUT2D eigenvalue weighted by Gasteiger charge is 2.31. The lowest BCUT2D eigenvalue weighted by atomic mass is 10.1. The topological polar surface area (TPSA) is 47.6 Å². The fourth-order valence-corrected chi connectivity index (χ4v) is 6.38. The van der Waals surface area contributed by atoms with Crippen LogP contribution >= 0.6 is 17.0 Å². The van der Waals surface area contributed by atoms with Crippen molar-refractivity contribution in [3.8, 4) is 0 Å². The van der Waals surface area contributed by atoms with Crippen LogP contribution in [0.25, 0.3) is 0 Å². The molecule has 0 aromatic rings. The Morgan fingerprint density at radius 2 is 2.38 bits per heavy atom. The van der Waals surface area contributed by atoms with Gasteiger partial charge in [0.2, 0.25) is 0 Å². The van der Waals surface area contributed by atoms with Crippen molar-refractivity contribution < 1.29 is 14.1 Å². The van der Waals surface area contributed by atoms with Crippen LogP contribution in [0, 0.1) is 5.92 Å². The molecule has 0 saturated carbocycles. The number of hydrogen-bond donors (Lipinski definition) is 1. The first-order valence-corrected chi connectivity index (χ1v) is 9.52. The van der Waals surface area contributed by atoms with Crippen LogP contribution in [0.15, 0.2) is 0 Å². The molecule has 1 fully saturated rings. The summed E-state index contributed by atoms with van der Waals surface area (Å²) in [6.45, 7) is 4.80. The minimum Gasteiger partial charge on any atom is -0.468 e. The Hall–Kier alpha value is 0.390. The number of esters is 1. The van der Waals surface area contributed by atoms with Gasteiger partial charge in [0.25, 0.3) is 0 Å². The van der Waals surface area contributed by atoms with Gasteiger partial charge in [0.1, 0.15) is 6.04 Å². The molecular weight excluding hydrogens is 265 g/mol. The van der Waals surface area contributed by atoms with E-state index >= 15 is 0 Å². The first kappa shape index (κ1) is 14.5. The molecule has 1 heterocycles. The van der Waals surface area contributed by atoms with Crippen molar-refractivity contribution in [2.45, 2.75) is 26.3 Å². The van der Waals surface area contributed by atoms with Crippen molar-refractivity contribution in [2.75, 3.05) is 19.5 Å². The van der Waals surface area contributed by atoms with Crippen LogP contribution in [0.3, 0.4) is 0 Å². The highest BCUT2D eigenvalue weighted by Crippen LogP contribution is 2.60. The van der Waals surface area contributed by atoms with E-state index in [9.17, 15) is 4.79 Å². The monoisotopic (exact) mass is 283 g/mol. The molecule has 0 amide bonds. The lowest BCUT2D eigenvalue weighted by Crippen LogP contribution is -2.36. The molecule has 0 aliphatic carbocycles. The molecule has 0 bridgehead atoms. The smallest absolute Gasteiger partial charge is 0.323 e. The summed E-state index contributed by atoms with van der Waals surface area (Å²) in [5.41, 5.74) is -2.05. The van der Waals surface area contributed by atoms with E-state index in [0.717, 1.165) is 12.2 Å². The van der Waals surface area contributed by atoms with E-state index in [1.54, 1.807) is 11.4 Å². The van der Waals surface area contributed by atoms with Crippen LogP contribution in [0.1, 0.15) is 20.3 Å². The second-order valence-corrected chi connectivity index (χ2v) is 10.7. The van der Waals surface area contributed by atoms with Gasteiger partial charge in [0.15, 0.2) is 5.62 Å². The van der Waals surface area contributed by atoms with Crippen LogP contribution < -0.4 is 5.09 Å². The number of methoxy groups -OCH3 is 1. The normalized spacial score (nSPS) is 27.0. The molecule has 0 radical (unpaired) electrons. The Morgan fingerprint density at radius 1 is 1.69 bits per heavy atom. The second-order valence-electron chi connectivity index (χ2n) is 4.00. The predicted octanol–water partition coefficient (Wildman–Crippen LogP) is 2.15. The van der Waals surface area contributed by atoms with Gasteiger partial charge in [-0.3, -0.25) is 4.79 Å². The van der Waals surface area contributed by atoms with Crippen LogP contribution in [-0.4, -0.2) is 31.5 Å². The number of carbonyl (C=O) groups is 1. The van der Waals surface area contributed by atoms with Crippen LogP contribution in [0.2, 0.25) is 0 Å². The Labute approximate surface area is 106 Å². The maximum Gasteiger partial charge on any atom is 0.323 e. The zero-order valence-corrected chi connectivity index (χ0v) is 12.3. The van der Waals surface area contributed by atoms with Gasteiger partial charge in [-0.25, -0.2) is 5.09 Å². The van der Waals surface area contributed by atoms with E-state index in [1.807, 2.05) is 0 Å². The minimum absolute atomic E-state index is 0.256. The van der Waals surface area contributed by atoms with Crippen molar-refractivity contribution in [3.63, 3.8) is 0 Å². The summed E-state index contributed by atoms with van der Waals surface area (Å²) in [4.78, 5) is 11.6. The Balaban J connectivity index is 2.62. The van der Waals surface area contributed by atoms with Crippen molar-refractivity contribution in [3.05, 3.63) is 0 Å². The molecule has 4 nitrogen and oxygen atoms in total. The molecule has 1 aliphatic rings. The Morgan fingerprint density at radius 3 is 2.81 bits per heavy atom. The van der Waals surface area contributed by atoms with E-state index < -0.39 is 5.62 Å². The number of ether oxygens (including phenoxy) is 1. The fraction of sp³-hybridized carbons (Fsp3) is 0.889. The molecule has 94 valence electrons. The average molecular weight is 283 g/mol. The summed E-state index contributed by atoms with van der Waals surface area (Å²) in [5, 5.41) is 3.17. The molecule has 1 rings (SSSR count). The minimum atomic E-state index is -2.05. The molecule has 1 aliphatic heterocycles. The predicted molar refractivity (Wildman–Crippen MR) is 71.1 cm³/mol. The fourth-order valence-electron chi connectivity index (χ4n) is 1.43. The maximum absolute atomic E-state index is 11.6. The molecule has 2 atom stereocenters. The highest BCUT2D eigenvalue weighted by molar-refractivity contribution is 8.69. The van der Waals surface area contributed by atoms with Gasteiger partial charge in [0, 0.05) is 5.75 Å². The van der Waals surface area contributed by atoms with Crippen LogP contribution in [0.5, 0.6) is 0 Å². The van der Waals surface area contributed by atoms with E-state index in [1.165, 1.54) is 7.11 Å². The number of carbonyl (C=O) groups excluding carboxylic acids is 1. The third-order valence-corrected chi connectivity index (χ3v) is 7.73. The standard InChI is InChI=1S/C9H18NO3PS2/c1-7(2)6-8(9(11)12-3)10-14(15)13-4-5-16-14/h7-8H,4-6H2,1-3H3,(H,10,15)/t8-,14?/m0/s1. The van der Waals surface area contributed by atoms with Gasteiger partial charge in [0.05, 0.1) is 13.7 Å². The Kier molecular flexibility index (Phi) is 5.74. The SMILES string of the molecule is COC(=O)[C@H](CC(C)C)NP1(=S)OCCS1. The lowest BCUT2D eigenvalue weighted by molar-refractivity contribution is -0.143. The maximum atomic E-state index is 11.6. The van der Waals surface area contributed by atoms with Crippen molar-refractivity contribution in [1.82, 2.24) is 5.09 Å². The van der Waals surface area contributed by atoms with Gasteiger partial charge in [-0.15, -0.1) is 0 Å². The first-order valence-electron chi connectivity index (χ1n) is 5.21. The van der Waals surface area contributed by atoms with E-state index in [4.69, 9.17) is 21.1 Å². The van der Waals surface area contributed by atoms with Crippen molar-refractivity contribution >= 4 is 34.8 Å². The third-order valence-electron chi connectivity index (χ3n) is 2.11. The molecule has 0 aromatic heterocycles. The summed E-state index contributed by atoms with van der Waals surface area (Å²) in [6, 6.07) is -0.346. The first-order chi connectivity index (χ1) is 7.47. The number of hydrogen-bond acceptors (Lipinski definition) is 5. The molecule has 0 aromatic carbocycles. The lowest BCUT2D eigenvalue weighted by Gasteiger charge is -2.23. The van der Waals surface area contributed by atoms with E-state index in [0.29, 0.717) is 12.5 Å². The van der Waals surface area contributed by atoms with E-state index in [-0.39, 0.29) is 12.0 Å². The molecule has 7 heteroatoms. The van der Waals surface area contributed by atoms with Crippen molar-refractivity contribution in [1.29, 1.82) is 0 Å². The quantitative estimate of drug-likeness (QED) is 0.616. The molecule has 1 saturated heterocycles. The highest BCUT2D eigenvalue weighted by atomic mass is 32.9. The summed E-state index contributed by atoms with van der Waals surface area (Å²) in [7, 11) is 1.40. The summed E-state index contributed by atoms with van der Waals surface area (Å²) in [5.74, 6) is 1.06. The number of nitrogens with one attached hydrogen (secondary N) is 1. The zero-order valence-electron chi connectivity index (χ0n) is 9.76. The summed E-state index contributed by atoms with van der Waals surface area (Å²) < 4.78 is 10.3. The average Bonchev–Trinajstić information content (AvgIpc) is 2.62. The Bertz CT molecular complexity index is 288. The second kappa shape index (κ2) is 6.36. The molecule has 1 N–H and O–H groups in total. The summed E-state index contributed by atoms with van der Waals surface area (Å²) >= 11 is 7.01. The largest absolute Gasteiger partial charge is 0.468 e. The van der Waals surface area contributed by atoms with Gasteiger partial charge in [-0.1, -0.05) is 25.2 Å². The van der Waals surface area contributed by atoms with Gasteiger partial charge >= 0.3 is 5.97 Å². The van der Waals surface area contributed by atoms with E-state index in [2.05, 4.69) is 18.9 Å². The van der Waals surface area contributed by atoms with Crippen LogP contribution in [-0.2, 0) is 25.9 Å². The third kappa shape index (κ3) is 4.34. The zero-order chi connectivity index (χ0) is 12.2. The van der Waals surface area contributed by atoms with Gasteiger partial charge in [-0.2, -0.15) is 0 Å². The van der Waals surface area contributed by atoms with Gasteiger partial charge in [-0.05, 0) is 24.1 Å². The number of rotatable bonds is 5. The molecular formula is C9H18NO3PS2. The van der Waals surface area contributed by atoms with Crippen molar-refractivity contribution in [2.24, 2.45) is 5.92 Å². The molecule has 16 heavy (non-hydrogen) atoms. The summed E-state index contributed by atoms with van der Waals surface area (Å²) in [6.07, 6.45) is 0.717.